The van der Waals surface area contributed by atoms with E-state index in [2.05, 4.69) is 15.9 Å². The minimum atomic E-state index is 0.395. The third-order valence-electron chi connectivity index (χ3n) is 2.82. The molecule has 0 unspecified atom stereocenters. The van der Waals surface area contributed by atoms with Gasteiger partial charge in [-0.25, -0.2) is 0 Å². The molecule has 0 aliphatic carbocycles. The Balaban J connectivity index is 1.88. The molecule has 0 N–H and O–H groups in total. The average Bonchev–Trinajstić information content (AvgIpc) is 2.51. The van der Waals surface area contributed by atoms with Gasteiger partial charge in [0.15, 0.2) is 0 Å². The molecule has 21 heavy (non-hydrogen) atoms. The van der Waals surface area contributed by atoms with Crippen LogP contribution in [-0.2, 0) is 5.88 Å². The van der Waals surface area contributed by atoms with Crippen LogP contribution in [0.25, 0.3) is 0 Å². The molecule has 2 aromatic rings. The van der Waals surface area contributed by atoms with E-state index in [-0.39, 0.29) is 0 Å². The fraction of sp³-hybridized carbons (Fsp3) is 0.250. The second-order valence-corrected chi connectivity index (χ2v) is 5.44. The molecule has 2 rings (SSSR count). The Morgan fingerprint density at radius 3 is 2.52 bits per heavy atom. The maximum Gasteiger partial charge on any atom is 0.127 e. The highest BCUT2D eigenvalue weighted by atomic mass is 79.9. The second kappa shape index (κ2) is 8.15. The fourth-order valence-corrected chi connectivity index (χ4v) is 2.37. The first-order valence-electron chi connectivity index (χ1n) is 6.47. The minimum Gasteiger partial charge on any atom is -0.497 e. The smallest absolute Gasteiger partial charge is 0.127 e. The molecular formula is C16H16BrClO3. The molecule has 0 heterocycles. The maximum absolute atomic E-state index is 5.90. The standard InChI is InChI=1S/C16H16BrClO3/c1-19-14-6-5-12(11-18)16(10-14)21-8-7-20-15-4-2-3-13(17)9-15/h2-6,9-10H,7-8,11H2,1H3. The summed E-state index contributed by atoms with van der Waals surface area (Å²) in [6.07, 6.45) is 0. The van der Waals surface area contributed by atoms with Crippen molar-refractivity contribution in [2.45, 2.75) is 5.88 Å². The van der Waals surface area contributed by atoms with Crippen molar-refractivity contribution in [1.82, 2.24) is 0 Å². The molecule has 0 radical (unpaired) electrons. The van der Waals surface area contributed by atoms with Crippen molar-refractivity contribution in [1.29, 1.82) is 0 Å². The summed E-state index contributed by atoms with van der Waals surface area (Å²) in [6.45, 7) is 0.888. The minimum absolute atomic E-state index is 0.395. The van der Waals surface area contributed by atoms with Gasteiger partial charge in [0.25, 0.3) is 0 Å². The van der Waals surface area contributed by atoms with Crippen molar-refractivity contribution in [2.75, 3.05) is 20.3 Å². The Hall–Kier alpha value is -1.39. The van der Waals surface area contributed by atoms with Crippen molar-refractivity contribution in [2.24, 2.45) is 0 Å². The van der Waals surface area contributed by atoms with Crippen LogP contribution in [0, 0.1) is 0 Å². The first-order valence-corrected chi connectivity index (χ1v) is 7.79. The summed E-state index contributed by atoms with van der Waals surface area (Å²) in [5.41, 5.74) is 0.930. The largest absolute Gasteiger partial charge is 0.497 e. The predicted molar refractivity (Wildman–Crippen MR) is 87.7 cm³/mol. The molecule has 2 aromatic carbocycles. The summed E-state index contributed by atoms with van der Waals surface area (Å²) in [5.74, 6) is 2.66. The van der Waals surface area contributed by atoms with E-state index >= 15 is 0 Å². The van der Waals surface area contributed by atoms with Gasteiger partial charge in [-0.15, -0.1) is 11.6 Å². The summed E-state index contributed by atoms with van der Waals surface area (Å²) < 4.78 is 17.5. The van der Waals surface area contributed by atoms with E-state index in [1.54, 1.807) is 7.11 Å². The van der Waals surface area contributed by atoms with Crippen LogP contribution in [0.4, 0.5) is 0 Å². The van der Waals surface area contributed by atoms with Crippen LogP contribution in [0.3, 0.4) is 0 Å². The van der Waals surface area contributed by atoms with Gasteiger partial charge in [-0.05, 0) is 24.3 Å². The van der Waals surface area contributed by atoms with Gasteiger partial charge in [-0.2, -0.15) is 0 Å². The van der Waals surface area contributed by atoms with Crippen LogP contribution < -0.4 is 14.2 Å². The van der Waals surface area contributed by atoms with Gasteiger partial charge in [0.2, 0.25) is 0 Å². The second-order valence-electron chi connectivity index (χ2n) is 4.26. The third kappa shape index (κ3) is 4.83. The summed E-state index contributed by atoms with van der Waals surface area (Å²) in [5, 5.41) is 0. The highest BCUT2D eigenvalue weighted by molar-refractivity contribution is 9.10. The summed E-state index contributed by atoms with van der Waals surface area (Å²) in [6, 6.07) is 13.3. The number of methoxy groups -OCH3 is 1. The van der Waals surface area contributed by atoms with Crippen LogP contribution in [0.2, 0.25) is 0 Å². The monoisotopic (exact) mass is 370 g/mol. The molecular weight excluding hydrogens is 356 g/mol. The zero-order valence-corrected chi connectivity index (χ0v) is 14.0. The first kappa shape index (κ1) is 16.0. The Bertz CT molecular complexity index is 589. The van der Waals surface area contributed by atoms with Crippen LogP contribution >= 0.6 is 27.5 Å². The molecule has 0 aromatic heterocycles. The van der Waals surface area contributed by atoms with E-state index in [1.165, 1.54) is 0 Å². The Labute approximate surface area is 137 Å². The lowest BCUT2D eigenvalue weighted by atomic mass is 10.2. The Kier molecular flexibility index (Phi) is 6.21. The molecule has 0 saturated carbocycles. The van der Waals surface area contributed by atoms with Gasteiger partial charge in [0, 0.05) is 16.1 Å². The molecule has 0 aliphatic heterocycles. The topological polar surface area (TPSA) is 27.7 Å². The van der Waals surface area contributed by atoms with Crippen molar-refractivity contribution < 1.29 is 14.2 Å². The number of hydrogen-bond donors (Lipinski definition) is 0. The summed E-state index contributed by atoms with van der Waals surface area (Å²) in [7, 11) is 1.62. The molecule has 0 fully saturated rings. The van der Waals surface area contributed by atoms with E-state index in [1.807, 2.05) is 42.5 Å². The zero-order chi connectivity index (χ0) is 15.1. The van der Waals surface area contributed by atoms with E-state index in [0.717, 1.165) is 27.3 Å². The first-order chi connectivity index (χ1) is 10.2. The van der Waals surface area contributed by atoms with Crippen molar-refractivity contribution in [3.8, 4) is 17.2 Å². The van der Waals surface area contributed by atoms with Gasteiger partial charge in [0.05, 0.1) is 13.0 Å². The number of halogens is 2. The highest BCUT2D eigenvalue weighted by Gasteiger charge is 2.05. The highest BCUT2D eigenvalue weighted by Crippen LogP contribution is 2.26. The van der Waals surface area contributed by atoms with Crippen LogP contribution in [0.1, 0.15) is 5.56 Å². The predicted octanol–water partition coefficient (Wildman–Crippen LogP) is 4.65. The molecule has 0 aliphatic rings. The van der Waals surface area contributed by atoms with Crippen LogP contribution in [0.5, 0.6) is 17.2 Å². The van der Waals surface area contributed by atoms with E-state index in [9.17, 15) is 0 Å². The van der Waals surface area contributed by atoms with E-state index in [0.29, 0.717) is 19.1 Å². The number of hydrogen-bond acceptors (Lipinski definition) is 3. The van der Waals surface area contributed by atoms with Crippen LogP contribution in [0.15, 0.2) is 46.9 Å². The van der Waals surface area contributed by atoms with Crippen LogP contribution in [-0.4, -0.2) is 20.3 Å². The number of alkyl halides is 1. The van der Waals surface area contributed by atoms with E-state index in [4.69, 9.17) is 25.8 Å². The quantitative estimate of drug-likeness (QED) is 0.523. The molecule has 0 amide bonds. The SMILES string of the molecule is COc1ccc(CCl)c(OCCOc2cccc(Br)c2)c1. The van der Waals surface area contributed by atoms with Crippen molar-refractivity contribution >= 4 is 27.5 Å². The normalized spacial score (nSPS) is 10.2. The number of ether oxygens (including phenoxy) is 3. The molecule has 0 bridgehead atoms. The van der Waals surface area contributed by atoms with E-state index < -0.39 is 0 Å². The van der Waals surface area contributed by atoms with Gasteiger partial charge < -0.3 is 14.2 Å². The molecule has 0 atom stereocenters. The molecule has 0 spiro atoms. The zero-order valence-electron chi connectivity index (χ0n) is 11.6. The molecule has 112 valence electrons. The van der Waals surface area contributed by atoms with Crippen molar-refractivity contribution in [3.05, 3.63) is 52.5 Å². The summed E-state index contributed by atoms with van der Waals surface area (Å²) >= 11 is 9.30. The summed E-state index contributed by atoms with van der Waals surface area (Å²) in [4.78, 5) is 0. The molecule has 3 nitrogen and oxygen atoms in total. The Morgan fingerprint density at radius 2 is 1.81 bits per heavy atom. The van der Waals surface area contributed by atoms with Gasteiger partial charge in [-0.1, -0.05) is 28.1 Å². The molecule has 5 heteroatoms. The lowest BCUT2D eigenvalue weighted by Crippen LogP contribution is -2.10. The van der Waals surface area contributed by atoms with Gasteiger partial charge >= 0.3 is 0 Å². The maximum atomic E-state index is 5.90. The number of benzene rings is 2. The average molecular weight is 372 g/mol. The lowest BCUT2D eigenvalue weighted by molar-refractivity contribution is 0.215. The Morgan fingerprint density at radius 1 is 1.00 bits per heavy atom. The van der Waals surface area contributed by atoms with Gasteiger partial charge in [0.1, 0.15) is 30.5 Å². The van der Waals surface area contributed by atoms with Crippen molar-refractivity contribution in [3.63, 3.8) is 0 Å². The lowest BCUT2D eigenvalue weighted by Gasteiger charge is -2.12. The molecule has 0 saturated heterocycles. The number of rotatable bonds is 7. The third-order valence-corrected chi connectivity index (χ3v) is 3.61. The fourth-order valence-electron chi connectivity index (χ4n) is 1.77. The van der Waals surface area contributed by atoms with Gasteiger partial charge in [-0.3, -0.25) is 0 Å².